The monoisotopic (exact) mass is 444 g/mol. The number of nitrogens with zero attached hydrogens (tertiary/aromatic N) is 2. The van der Waals surface area contributed by atoms with E-state index in [-0.39, 0.29) is 16.0 Å². The Morgan fingerprint density at radius 1 is 1.03 bits per heavy atom. The lowest BCUT2D eigenvalue weighted by molar-refractivity contribution is 0.0996. The lowest BCUT2D eigenvalue weighted by atomic mass is 10.1. The van der Waals surface area contributed by atoms with E-state index in [4.69, 9.17) is 5.73 Å². The number of nitrogens with one attached hydrogen (secondary N) is 1. The second-order valence-electron chi connectivity index (χ2n) is 7.36. The average molecular weight is 445 g/mol. The van der Waals surface area contributed by atoms with Gasteiger partial charge in [0, 0.05) is 37.3 Å². The molecule has 8 nitrogen and oxygen atoms in total. The standard InChI is InChI=1S/C22H28N4O4S/c1-3-26(4-2)31(29,30)18-9-7-8-17(14-18)22(28)24-19-15-16(21(23)27)10-11-20(19)25-12-5-6-13-25/h7-11,14-15H,3-6,12-13H2,1-2H3,(H2,23,27)(H,24,28). The molecule has 1 heterocycles. The van der Waals surface area contributed by atoms with Crippen molar-refractivity contribution < 1.29 is 18.0 Å². The van der Waals surface area contributed by atoms with Gasteiger partial charge < -0.3 is 16.0 Å². The normalized spacial score (nSPS) is 14.1. The zero-order chi connectivity index (χ0) is 22.6. The van der Waals surface area contributed by atoms with E-state index in [1.807, 2.05) is 0 Å². The van der Waals surface area contributed by atoms with Crippen LogP contribution in [0.15, 0.2) is 47.4 Å². The molecular formula is C22H28N4O4S. The lowest BCUT2D eigenvalue weighted by Gasteiger charge is -2.22. The first-order chi connectivity index (χ1) is 14.8. The Bertz CT molecular complexity index is 1070. The van der Waals surface area contributed by atoms with Gasteiger partial charge in [-0.3, -0.25) is 9.59 Å². The number of carbonyl (C=O) groups is 2. The topological polar surface area (TPSA) is 113 Å². The molecular weight excluding hydrogens is 416 g/mol. The molecule has 0 spiro atoms. The quantitative estimate of drug-likeness (QED) is 0.650. The summed E-state index contributed by atoms with van der Waals surface area (Å²) in [5.41, 5.74) is 7.20. The SMILES string of the molecule is CCN(CC)S(=O)(=O)c1cccc(C(=O)Nc2cc(C(N)=O)ccc2N2CCCC2)c1. The summed E-state index contributed by atoms with van der Waals surface area (Å²) in [4.78, 5) is 26.8. The Balaban J connectivity index is 1.93. The van der Waals surface area contributed by atoms with Crippen LogP contribution < -0.4 is 16.0 Å². The Hall–Kier alpha value is -2.91. The van der Waals surface area contributed by atoms with Crippen LogP contribution in [0.1, 0.15) is 47.4 Å². The van der Waals surface area contributed by atoms with E-state index in [0.717, 1.165) is 31.6 Å². The number of primary amides is 1. The molecule has 2 aromatic carbocycles. The van der Waals surface area contributed by atoms with Crippen LogP contribution in [0, 0.1) is 0 Å². The maximum absolute atomic E-state index is 13.0. The lowest BCUT2D eigenvalue weighted by Crippen LogP contribution is -2.30. The number of benzene rings is 2. The molecule has 0 unspecified atom stereocenters. The van der Waals surface area contributed by atoms with Crippen molar-refractivity contribution >= 4 is 33.2 Å². The van der Waals surface area contributed by atoms with E-state index in [1.165, 1.54) is 16.4 Å². The number of carbonyl (C=O) groups excluding carboxylic acids is 2. The van der Waals surface area contributed by atoms with E-state index in [2.05, 4.69) is 10.2 Å². The molecule has 0 radical (unpaired) electrons. The van der Waals surface area contributed by atoms with Gasteiger partial charge in [-0.15, -0.1) is 0 Å². The predicted octanol–water partition coefficient (Wildman–Crippen LogP) is 2.67. The summed E-state index contributed by atoms with van der Waals surface area (Å²) in [5.74, 6) is -1.05. The molecule has 0 atom stereocenters. The Morgan fingerprint density at radius 2 is 1.71 bits per heavy atom. The number of sulfonamides is 1. The zero-order valence-corrected chi connectivity index (χ0v) is 18.6. The van der Waals surface area contributed by atoms with E-state index < -0.39 is 21.8 Å². The summed E-state index contributed by atoms with van der Waals surface area (Å²) in [6, 6.07) is 10.9. The predicted molar refractivity (Wildman–Crippen MR) is 121 cm³/mol. The molecule has 3 N–H and O–H groups in total. The minimum atomic E-state index is -3.69. The van der Waals surface area contributed by atoms with Crippen LogP contribution in [0.5, 0.6) is 0 Å². The fourth-order valence-electron chi connectivity index (χ4n) is 3.73. The minimum absolute atomic E-state index is 0.0644. The van der Waals surface area contributed by atoms with Crippen molar-refractivity contribution in [3.8, 4) is 0 Å². The Labute approximate surface area is 183 Å². The van der Waals surface area contributed by atoms with Gasteiger partial charge >= 0.3 is 0 Å². The number of rotatable bonds is 8. The zero-order valence-electron chi connectivity index (χ0n) is 17.8. The summed E-state index contributed by atoms with van der Waals surface area (Å²) >= 11 is 0. The molecule has 166 valence electrons. The highest BCUT2D eigenvalue weighted by Crippen LogP contribution is 2.30. The molecule has 0 saturated carbocycles. The summed E-state index contributed by atoms with van der Waals surface area (Å²) in [5, 5.41) is 2.84. The summed E-state index contributed by atoms with van der Waals surface area (Å²) in [7, 11) is -3.69. The highest BCUT2D eigenvalue weighted by atomic mass is 32.2. The van der Waals surface area contributed by atoms with E-state index in [9.17, 15) is 18.0 Å². The van der Waals surface area contributed by atoms with Crippen molar-refractivity contribution in [2.75, 3.05) is 36.4 Å². The molecule has 2 amide bonds. The smallest absolute Gasteiger partial charge is 0.255 e. The van der Waals surface area contributed by atoms with Crippen LogP contribution in [0.25, 0.3) is 0 Å². The van der Waals surface area contributed by atoms with E-state index in [0.29, 0.717) is 18.8 Å². The van der Waals surface area contributed by atoms with Crippen LogP contribution in [0.3, 0.4) is 0 Å². The third-order valence-corrected chi connectivity index (χ3v) is 7.46. The van der Waals surface area contributed by atoms with Crippen molar-refractivity contribution in [3.05, 3.63) is 53.6 Å². The van der Waals surface area contributed by atoms with Crippen LogP contribution in [0.4, 0.5) is 11.4 Å². The van der Waals surface area contributed by atoms with Crippen molar-refractivity contribution in [1.82, 2.24) is 4.31 Å². The third-order valence-electron chi connectivity index (χ3n) is 5.42. The van der Waals surface area contributed by atoms with Gasteiger partial charge in [0.1, 0.15) is 0 Å². The van der Waals surface area contributed by atoms with Crippen molar-refractivity contribution in [2.45, 2.75) is 31.6 Å². The molecule has 1 aliphatic rings. The molecule has 9 heteroatoms. The van der Waals surface area contributed by atoms with Crippen LogP contribution >= 0.6 is 0 Å². The number of hydrogen-bond donors (Lipinski definition) is 2. The van der Waals surface area contributed by atoms with Gasteiger partial charge in [-0.2, -0.15) is 4.31 Å². The van der Waals surface area contributed by atoms with Crippen LogP contribution in [-0.4, -0.2) is 50.7 Å². The number of hydrogen-bond acceptors (Lipinski definition) is 5. The molecule has 0 aromatic heterocycles. The minimum Gasteiger partial charge on any atom is -0.370 e. The first-order valence-electron chi connectivity index (χ1n) is 10.4. The van der Waals surface area contributed by atoms with Crippen molar-refractivity contribution in [1.29, 1.82) is 0 Å². The largest absolute Gasteiger partial charge is 0.370 e. The van der Waals surface area contributed by atoms with E-state index in [1.54, 1.807) is 44.2 Å². The van der Waals surface area contributed by atoms with Gasteiger partial charge in [0.25, 0.3) is 5.91 Å². The maximum atomic E-state index is 13.0. The van der Waals surface area contributed by atoms with Crippen LogP contribution in [0.2, 0.25) is 0 Å². The summed E-state index contributed by atoms with van der Waals surface area (Å²) in [6.45, 7) is 5.93. The summed E-state index contributed by atoms with van der Waals surface area (Å²) in [6.07, 6.45) is 2.10. The second kappa shape index (κ2) is 9.49. The fraction of sp³-hybridized carbons (Fsp3) is 0.364. The maximum Gasteiger partial charge on any atom is 0.255 e. The third kappa shape index (κ3) is 4.88. The van der Waals surface area contributed by atoms with Gasteiger partial charge in [0.05, 0.1) is 16.3 Å². The highest BCUT2D eigenvalue weighted by molar-refractivity contribution is 7.89. The number of amides is 2. The van der Waals surface area contributed by atoms with Gasteiger partial charge in [0.2, 0.25) is 15.9 Å². The molecule has 1 saturated heterocycles. The first-order valence-corrected chi connectivity index (χ1v) is 11.8. The molecule has 31 heavy (non-hydrogen) atoms. The Morgan fingerprint density at radius 3 is 2.32 bits per heavy atom. The molecule has 0 aliphatic carbocycles. The average Bonchev–Trinajstić information content (AvgIpc) is 3.29. The molecule has 2 aromatic rings. The van der Waals surface area contributed by atoms with Gasteiger partial charge in [-0.25, -0.2) is 8.42 Å². The van der Waals surface area contributed by atoms with Gasteiger partial charge in [-0.1, -0.05) is 19.9 Å². The molecule has 3 rings (SSSR count). The van der Waals surface area contributed by atoms with Crippen molar-refractivity contribution in [3.63, 3.8) is 0 Å². The number of anilines is 2. The second-order valence-corrected chi connectivity index (χ2v) is 9.30. The number of nitrogens with two attached hydrogens (primary N) is 1. The Kier molecular flexibility index (Phi) is 6.97. The highest BCUT2D eigenvalue weighted by Gasteiger charge is 2.23. The summed E-state index contributed by atoms with van der Waals surface area (Å²) < 4.78 is 27.0. The van der Waals surface area contributed by atoms with Crippen LogP contribution in [-0.2, 0) is 10.0 Å². The fourth-order valence-corrected chi connectivity index (χ4v) is 5.23. The van der Waals surface area contributed by atoms with E-state index >= 15 is 0 Å². The first kappa shape index (κ1) is 22.8. The molecule has 1 fully saturated rings. The van der Waals surface area contributed by atoms with Gasteiger partial charge in [-0.05, 0) is 49.2 Å². The van der Waals surface area contributed by atoms with Crippen molar-refractivity contribution in [2.24, 2.45) is 5.73 Å². The molecule has 0 bridgehead atoms. The van der Waals surface area contributed by atoms with Gasteiger partial charge in [0.15, 0.2) is 0 Å². The molecule has 1 aliphatic heterocycles.